The zero-order valence-corrected chi connectivity index (χ0v) is 17.2. The highest BCUT2D eigenvalue weighted by Gasteiger charge is 2.42. The number of ether oxygens (including phenoxy) is 1. The summed E-state index contributed by atoms with van der Waals surface area (Å²) in [5, 5.41) is 3.09. The van der Waals surface area contributed by atoms with E-state index in [9.17, 15) is 9.18 Å². The molecular weight excluding hydrogens is 377 g/mol. The number of halogens is 1. The summed E-state index contributed by atoms with van der Waals surface area (Å²) in [6.45, 7) is 2.47. The van der Waals surface area contributed by atoms with Crippen molar-refractivity contribution in [3.05, 3.63) is 95.3 Å². The van der Waals surface area contributed by atoms with Gasteiger partial charge in [-0.1, -0.05) is 55.3 Å². The first-order valence-electron chi connectivity index (χ1n) is 10.4. The van der Waals surface area contributed by atoms with Gasteiger partial charge in [0.25, 0.3) is 0 Å². The first kappa shape index (κ1) is 20.1. The Morgan fingerprint density at radius 2 is 1.70 bits per heavy atom. The quantitative estimate of drug-likeness (QED) is 0.535. The molecular formula is C26H26FNO2. The number of rotatable bonds is 6. The summed E-state index contributed by atoms with van der Waals surface area (Å²) in [5.74, 6) is 0.490. The summed E-state index contributed by atoms with van der Waals surface area (Å²) in [7, 11) is 0. The molecule has 1 aliphatic carbocycles. The van der Waals surface area contributed by atoms with E-state index in [0.29, 0.717) is 6.61 Å². The largest absolute Gasteiger partial charge is 0.489 e. The van der Waals surface area contributed by atoms with E-state index in [4.69, 9.17) is 4.74 Å². The number of anilines is 1. The monoisotopic (exact) mass is 403 g/mol. The van der Waals surface area contributed by atoms with Crippen LogP contribution in [0.3, 0.4) is 0 Å². The molecule has 0 heterocycles. The Balaban J connectivity index is 1.48. The van der Waals surface area contributed by atoms with Crippen LogP contribution in [0.4, 0.5) is 10.1 Å². The molecule has 30 heavy (non-hydrogen) atoms. The van der Waals surface area contributed by atoms with Crippen LogP contribution < -0.4 is 10.1 Å². The highest BCUT2D eigenvalue weighted by molar-refractivity contribution is 5.99. The molecule has 3 nitrogen and oxygen atoms in total. The van der Waals surface area contributed by atoms with E-state index in [1.807, 2.05) is 55.5 Å². The van der Waals surface area contributed by atoms with E-state index in [2.05, 4.69) is 5.32 Å². The van der Waals surface area contributed by atoms with E-state index in [1.165, 1.54) is 12.1 Å². The summed E-state index contributed by atoms with van der Waals surface area (Å²) in [4.78, 5) is 13.3. The minimum atomic E-state index is -0.593. The smallest absolute Gasteiger partial charge is 0.235 e. The van der Waals surface area contributed by atoms with E-state index in [-0.39, 0.29) is 11.7 Å². The number of carbonyl (C=O) groups is 1. The maximum atomic E-state index is 13.4. The average molecular weight is 403 g/mol. The first-order chi connectivity index (χ1) is 14.6. The molecule has 0 atom stereocenters. The summed E-state index contributed by atoms with van der Waals surface area (Å²) in [6.07, 6.45) is 3.55. The van der Waals surface area contributed by atoms with Crippen LogP contribution >= 0.6 is 0 Å². The van der Waals surface area contributed by atoms with Gasteiger partial charge in [0.1, 0.15) is 18.2 Å². The van der Waals surface area contributed by atoms with Crippen molar-refractivity contribution in [2.75, 3.05) is 5.32 Å². The van der Waals surface area contributed by atoms with Crippen LogP contribution in [0.15, 0.2) is 72.8 Å². The van der Waals surface area contributed by atoms with Crippen LogP contribution in [0.1, 0.15) is 42.4 Å². The highest BCUT2D eigenvalue weighted by Crippen LogP contribution is 2.42. The fourth-order valence-corrected chi connectivity index (χ4v) is 4.27. The number of hydrogen-bond acceptors (Lipinski definition) is 2. The molecule has 0 saturated heterocycles. The van der Waals surface area contributed by atoms with Crippen LogP contribution in [0.25, 0.3) is 0 Å². The number of carbonyl (C=O) groups excluding carboxylic acids is 1. The summed E-state index contributed by atoms with van der Waals surface area (Å²) in [6, 6.07) is 22.1. The van der Waals surface area contributed by atoms with Gasteiger partial charge in [0.15, 0.2) is 0 Å². The predicted molar refractivity (Wildman–Crippen MR) is 117 cm³/mol. The summed E-state index contributed by atoms with van der Waals surface area (Å²) in [5.41, 5.74) is 3.11. The third-order valence-electron chi connectivity index (χ3n) is 5.96. The van der Waals surface area contributed by atoms with Crippen molar-refractivity contribution >= 4 is 11.6 Å². The minimum Gasteiger partial charge on any atom is -0.489 e. The van der Waals surface area contributed by atoms with Crippen molar-refractivity contribution in [3.63, 3.8) is 0 Å². The van der Waals surface area contributed by atoms with Crippen molar-refractivity contribution in [2.24, 2.45) is 0 Å². The normalized spacial score (nSPS) is 15.0. The number of aryl methyl sites for hydroxylation is 1. The number of hydrogen-bond donors (Lipinski definition) is 1. The van der Waals surface area contributed by atoms with Gasteiger partial charge >= 0.3 is 0 Å². The Morgan fingerprint density at radius 1 is 1.00 bits per heavy atom. The minimum absolute atomic E-state index is 0.0241. The van der Waals surface area contributed by atoms with Crippen LogP contribution in [0, 0.1) is 12.7 Å². The molecule has 4 heteroatoms. The van der Waals surface area contributed by atoms with Gasteiger partial charge in [0, 0.05) is 5.69 Å². The third kappa shape index (κ3) is 4.23. The Bertz CT molecular complexity index is 1010. The molecule has 3 aromatic rings. The van der Waals surface area contributed by atoms with Gasteiger partial charge in [0.05, 0.1) is 5.41 Å². The predicted octanol–water partition coefficient (Wildman–Crippen LogP) is 6.16. The zero-order chi connectivity index (χ0) is 21.0. The van der Waals surface area contributed by atoms with E-state index >= 15 is 0 Å². The number of benzene rings is 3. The van der Waals surface area contributed by atoms with Crippen molar-refractivity contribution < 1.29 is 13.9 Å². The zero-order valence-electron chi connectivity index (χ0n) is 17.2. The fourth-order valence-electron chi connectivity index (χ4n) is 4.27. The molecule has 1 saturated carbocycles. The molecule has 1 amide bonds. The molecule has 1 fully saturated rings. The van der Waals surface area contributed by atoms with Gasteiger partial charge in [-0.25, -0.2) is 4.39 Å². The maximum absolute atomic E-state index is 13.4. The van der Waals surface area contributed by atoms with Gasteiger partial charge in [0.2, 0.25) is 5.91 Å². The molecule has 0 bridgehead atoms. The molecule has 0 aliphatic heterocycles. The summed E-state index contributed by atoms with van der Waals surface area (Å²) < 4.78 is 19.3. The van der Waals surface area contributed by atoms with Crippen LogP contribution in [0.2, 0.25) is 0 Å². The van der Waals surface area contributed by atoms with Crippen molar-refractivity contribution in [1.29, 1.82) is 0 Å². The Morgan fingerprint density at radius 3 is 2.37 bits per heavy atom. The molecule has 154 valence electrons. The Labute approximate surface area is 176 Å². The number of nitrogens with one attached hydrogen (secondary N) is 1. The molecule has 0 unspecified atom stereocenters. The van der Waals surface area contributed by atoms with Crippen molar-refractivity contribution in [2.45, 2.75) is 44.6 Å². The van der Waals surface area contributed by atoms with E-state index < -0.39 is 5.41 Å². The van der Waals surface area contributed by atoms with E-state index in [0.717, 1.165) is 53.8 Å². The first-order valence-corrected chi connectivity index (χ1v) is 10.4. The van der Waals surface area contributed by atoms with Crippen LogP contribution in [-0.4, -0.2) is 5.91 Å². The topological polar surface area (TPSA) is 38.3 Å². The van der Waals surface area contributed by atoms with Gasteiger partial charge in [-0.3, -0.25) is 4.79 Å². The molecule has 0 radical (unpaired) electrons. The SMILES string of the molecule is Cc1cc(NC(=O)C2(c3ccc(F)cc3)CCCC2)ccc1OCc1ccccc1. The molecule has 4 rings (SSSR count). The Kier molecular flexibility index (Phi) is 5.84. The number of amides is 1. The maximum Gasteiger partial charge on any atom is 0.235 e. The molecule has 0 aromatic heterocycles. The second-order valence-electron chi connectivity index (χ2n) is 8.00. The van der Waals surface area contributed by atoms with Gasteiger partial charge < -0.3 is 10.1 Å². The van der Waals surface area contributed by atoms with Gasteiger partial charge in [-0.15, -0.1) is 0 Å². The van der Waals surface area contributed by atoms with Gasteiger partial charge in [-0.05, 0) is 66.8 Å². The molecule has 3 aromatic carbocycles. The fraction of sp³-hybridized carbons (Fsp3) is 0.269. The lowest BCUT2D eigenvalue weighted by Gasteiger charge is -2.28. The highest BCUT2D eigenvalue weighted by atomic mass is 19.1. The van der Waals surface area contributed by atoms with Gasteiger partial charge in [-0.2, -0.15) is 0 Å². The summed E-state index contributed by atoms with van der Waals surface area (Å²) >= 11 is 0. The third-order valence-corrected chi connectivity index (χ3v) is 5.96. The van der Waals surface area contributed by atoms with E-state index in [1.54, 1.807) is 12.1 Å². The molecule has 1 aliphatic rings. The standard InChI is InChI=1S/C26H26FNO2/c1-19-17-23(13-14-24(19)30-18-20-7-3-2-4-8-20)28-25(29)26(15-5-6-16-26)21-9-11-22(27)12-10-21/h2-4,7-14,17H,5-6,15-16,18H2,1H3,(H,28,29). The average Bonchev–Trinajstić information content (AvgIpc) is 3.26. The van der Waals surface area contributed by atoms with Crippen molar-refractivity contribution in [1.82, 2.24) is 0 Å². The molecule has 1 N–H and O–H groups in total. The lowest BCUT2D eigenvalue weighted by molar-refractivity contribution is -0.121. The lowest BCUT2D eigenvalue weighted by atomic mass is 9.78. The van der Waals surface area contributed by atoms with Crippen LogP contribution in [0.5, 0.6) is 5.75 Å². The van der Waals surface area contributed by atoms with Crippen LogP contribution in [-0.2, 0) is 16.8 Å². The lowest BCUT2D eigenvalue weighted by Crippen LogP contribution is -2.38. The van der Waals surface area contributed by atoms with Crippen molar-refractivity contribution in [3.8, 4) is 5.75 Å². The Hall–Kier alpha value is -3.14. The second kappa shape index (κ2) is 8.70. The second-order valence-corrected chi connectivity index (χ2v) is 8.00. The molecule has 0 spiro atoms.